The fraction of sp³-hybridized carbons (Fsp3) is 0. The number of benzene rings is 1. The summed E-state index contributed by atoms with van der Waals surface area (Å²) < 4.78 is 5.38. The fourth-order valence-corrected chi connectivity index (χ4v) is 1.53. The van der Waals surface area contributed by atoms with Crippen LogP contribution in [-0.2, 0) is 0 Å². The van der Waals surface area contributed by atoms with Crippen molar-refractivity contribution in [2.45, 2.75) is 0 Å². The average Bonchev–Trinajstić information content (AvgIpc) is 2.47. The molecule has 0 bridgehead atoms. The molecule has 1 heterocycles. The van der Waals surface area contributed by atoms with Crippen LogP contribution in [0.3, 0.4) is 0 Å². The Morgan fingerprint density at radius 3 is 2.48 bits per heavy atom. The summed E-state index contributed by atoms with van der Waals surface area (Å²) in [4.78, 5) is 25.1. The van der Waals surface area contributed by atoms with Crippen LogP contribution in [0, 0.1) is 10.1 Å². The highest BCUT2D eigenvalue weighted by atomic mass is 16.6. The zero-order valence-electron chi connectivity index (χ0n) is 10.6. The summed E-state index contributed by atoms with van der Waals surface area (Å²) in [7, 11) is 0. The van der Waals surface area contributed by atoms with Crippen molar-refractivity contribution in [3.63, 3.8) is 0 Å². The molecule has 0 radical (unpaired) electrons. The highest BCUT2D eigenvalue weighted by molar-refractivity contribution is 5.92. The van der Waals surface area contributed by atoms with E-state index in [-0.39, 0.29) is 17.4 Å². The molecule has 0 spiro atoms. The lowest BCUT2D eigenvalue weighted by molar-refractivity contribution is -0.384. The molecule has 9 heteroatoms. The van der Waals surface area contributed by atoms with Crippen LogP contribution in [0.4, 0.5) is 11.5 Å². The van der Waals surface area contributed by atoms with E-state index in [1.165, 1.54) is 30.3 Å². The quantitative estimate of drug-likeness (QED) is 0.425. The maximum absolute atomic E-state index is 10.9. The van der Waals surface area contributed by atoms with Gasteiger partial charge in [-0.25, -0.2) is 5.84 Å². The Kier molecular flexibility index (Phi) is 3.95. The van der Waals surface area contributed by atoms with Crippen LogP contribution in [0.25, 0.3) is 0 Å². The summed E-state index contributed by atoms with van der Waals surface area (Å²) in [5.41, 5.74) is 7.43. The highest BCUT2D eigenvalue weighted by Crippen LogP contribution is 2.26. The second-order valence-corrected chi connectivity index (χ2v) is 3.94. The molecule has 2 rings (SSSR count). The molecular weight excluding hydrogens is 278 g/mol. The SMILES string of the molecule is NNc1cc([N+](=O)[O-])cc(Oc2ccc(C(N)=O)cc2)n1. The van der Waals surface area contributed by atoms with Gasteiger partial charge >= 0.3 is 0 Å². The summed E-state index contributed by atoms with van der Waals surface area (Å²) in [6.45, 7) is 0. The number of ether oxygens (including phenoxy) is 1. The summed E-state index contributed by atoms with van der Waals surface area (Å²) >= 11 is 0. The molecule has 21 heavy (non-hydrogen) atoms. The lowest BCUT2D eigenvalue weighted by Gasteiger charge is -2.07. The number of anilines is 1. The number of nitrogens with two attached hydrogens (primary N) is 2. The van der Waals surface area contributed by atoms with Gasteiger partial charge in [0.25, 0.3) is 5.69 Å². The van der Waals surface area contributed by atoms with E-state index in [2.05, 4.69) is 10.4 Å². The standard InChI is InChI=1S/C12H11N5O4/c13-12(18)7-1-3-9(4-2-7)21-11-6-8(17(19)20)5-10(15-11)16-14/h1-6H,14H2,(H2,13,18)(H,15,16). The van der Waals surface area contributed by atoms with Gasteiger partial charge in [0.2, 0.25) is 11.8 Å². The van der Waals surface area contributed by atoms with Crippen LogP contribution >= 0.6 is 0 Å². The molecule has 0 aliphatic carbocycles. The number of primary amides is 1. The zero-order chi connectivity index (χ0) is 15.4. The number of amides is 1. The van der Waals surface area contributed by atoms with Gasteiger partial charge in [-0.2, -0.15) is 4.98 Å². The van der Waals surface area contributed by atoms with Crippen LogP contribution in [0.1, 0.15) is 10.4 Å². The zero-order valence-corrected chi connectivity index (χ0v) is 10.6. The van der Waals surface area contributed by atoms with Crippen molar-refractivity contribution >= 4 is 17.4 Å². The number of carbonyl (C=O) groups excluding carboxylic acids is 1. The van der Waals surface area contributed by atoms with Gasteiger partial charge in [0.1, 0.15) is 5.75 Å². The van der Waals surface area contributed by atoms with Crippen LogP contribution in [0.5, 0.6) is 11.6 Å². The number of carbonyl (C=O) groups is 1. The Morgan fingerprint density at radius 1 is 1.29 bits per heavy atom. The van der Waals surface area contributed by atoms with Gasteiger partial charge in [-0.1, -0.05) is 0 Å². The molecule has 0 aliphatic heterocycles. The van der Waals surface area contributed by atoms with Crippen LogP contribution in [0.15, 0.2) is 36.4 Å². The third kappa shape index (κ3) is 3.42. The lowest BCUT2D eigenvalue weighted by atomic mass is 10.2. The third-order valence-corrected chi connectivity index (χ3v) is 2.51. The average molecular weight is 289 g/mol. The second kappa shape index (κ2) is 5.84. The minimum atomic E-state index is -0.592. The molecule has 1 aromatic carbocycles. The monoisotopic (exact) mass is 289 g/mol. The summed E-state index contributed by atoms with van der Waals surface area (Å²) in [5.74, 6) is 5.05. The Morgan fingerprint density at radius 2 is 1.95 bits per heavy atom. The molecule has 108 valence electrons. The van der Waals surface area contributed by atoms with Crippen molar-refractivity contribution in [1.29, 1.82) is 0 Å². The van der Waals surface area contributed by atoms with Crippen molar-refractivity contribution in [2.75, 3.05) is 5.43 Å². The summed E-state index contributed by atoms with van der Waals surface area (Å²) in [5, 5.41) is 10.8. The molecular formula is C12H11N5O4. The number of aromatic nitrogens is 1. The first kappa shape index (κ1) is 14.2. The number of rotatable bonds is 5. The fourth-order valence-electron chi connectivity index (χ4n) is 1.53. The van der Waals surface area contributed by atoms with Crippen molar-refractivity contribution in [2.24, 2.45) is 11.6 Å². The number of nitrogens with zero attached hydrogens (tertiary/aromatic N) is 2. The number of hydrogen-bond donors (Lipinski definition) is 3. The first-order chi connectivity index (χ1) is 9.99. The van der Waals surface area contributed by atoms with Gasteiger partial charge in [0, 0.05) is 5.56 Å². The molecule has 9 nitrogen and oxygen atoms in total. The predicted octanol–water partition coefficient (Wildman–Crippen LogP) is 1.17. The van der Waals surface area contributed by atoms with E-state index in [9.17, 15) is 14.9 Å². The molecule has 0 unspecified atom stereocenters. The first-order valence-electron chi connectivity index (χ1n) is 5.70. The molecule has 2 aromatic rings. The number of pyridine rings is 1. The van der Waals surface area contributed by atoms with Gasteiger partial charge < -0.3 is 15.9 Å². The van der Waals surface area contributed by atoms with Gasteiger partial charge in [-0.15, -0.1) is 0 Å². The second-order valence-electron chi connectivity index (χ2n) is 3.94. The largest absolute Gasteiger partial charge is 0.439 e. The van der Waals surface area contributed by atoms with Gasteiger partial charge in [0.05, 0.1) is 17.1 Å². The normalized spacial score (nSPS) is 9.95. The third-order valence-electron chi connectivity index (χ3n) is 2.51. The summed E-state index contributed by atoms with van der Waals surface area (Å²) in [6, 6.07) is 8.26. The minimum Gasteiger partial charge on any atom is -0.439 e. The predicted molar refractivity (Wildman–Crippen MR) is 73.7 cm³/mol. The van der Waals surface area contributed by atoms with E-state index in [0.29, 0.717) is 11.3 Å². The van der Waals surface area contributed by atoms with Crippen molar-refractivity contribution < 1.29 is 14.5 Å². The number of nitrogens with one attached hydrogen (secondary N) is 1. The molecule has 0 aliphatic rings. The van der Waals surface area contributed by atoms with E-state index in [1.807, 2.05) is 0 Å². The van der Waals surface area contributed by atoms with Gasteiger partial charge in [-0.3, -0.25) is 14.9 Å². The van der Waals surface area contributed by atoms with Crippen LogP contribution in [0.2, 0.25) is 0 Å². The molecule has 0 fully saturated rings. The molecule has 1 aromatic heterocycles. The maximum atomic E-state index is 10.9. The Labute approximate surface area is 118 Å². The van der Waals surface area contributed by atoms with Crippen LogP contribution < -0.4 is 21.7 Å². The maximum Gasteiger partial charge on any atom is 0.278 e. The molecule has 5 N–H and O–H groups in total. The van der Waals surface area contributed by atoms with E-state index >= 15 is 0 Å². The molecule has 0 saturated heterocycles. The Bertz CT molecular complexity index is 687. The minimum absolute atomic E-state index is 0.0102. The topological polar surface area (TPSA) is 146 Å². The van der Waals surface area contributed by atoms with Crippen LogP contribution in [-0.4, -0.2) is 15.8 Å². The number of nitrogen functional groups attached to an aromatic ring is 1. The number of hydrazine groups is 1. The van der Waals surface area contributed by atoms with E-state index in [1.54, 1.807) is 0 Å². The van der Waals surface area contributed by atoms with E-state index in [4.69, 9.17) is 16.3 Å². The lowest BCUT2D eigenvalue weighted by Crippen LogP contribution is -2.10. The smallest absolute Gasteiger partial charge is 0.278 e. The van der Waals surface area contributed by atoms with E-state index < -0.39 is 10.8 Å². The molecule has 1 amide bonds. The summed E-state index contributed by atoms with van der Waals surface area (Å²) in [6.07, 6.45) is 0. The number of hydrogen-bond acceptors (Lipinski definition) is 7. The van der Waals surface area contributed by atoms with Gasteiger partial charge in [-0.05, 0) is 24.3 Å². The van der Waals surface area contributed by atoms with Crippen molar-refractivity contribution in [3.8, 4) is 11.6 Å². The Hall–Kier alpha value is -3.20. The van der Waals surface area contributed by atoms with Crippen molar-refractivity contribution in [3.05, 3.63) is 52.1 Å². The molecule has 0 atom stereocenters. The molecule has 0 saturated carbocycles. The highest BCUT2D eigenvalue weighted by Gasteiger charge is 2.12. The van der Waals surface area contributed by atoms with Crippen molar-refractivity contribution in [1.82, 2.24) is 4.98 Å². The number of nitro groups is 1. The van der Waals surface area contributed by atoms with E-state index in [0.717, 1.165) is 6.07 Å². The van der Waals surface area contributed by atoms with Gasteiger partial charge in [0.15, 0.2) is 5.82 Å². The first-order valence-corrected chi connectivity index (χ1v) is 5.70. The Balaban J connectivity index is 2.28.